The van der Waals surface area contributed by atoms with E-state index in [1.165, 1.54) is 0 Å². The van der Waals surface area contributed by atoms with Crippen LogP contribution in [0.2, 0.25) is 0 Å². The van der Waals surface area contributed by atoms with E-state index in [4.69, 9.17) is 33.2 Å². The molecule has 0 aromatic rings. The second kappa shape index (κ2) is 26.2. The van der Waals surface area contributed by atoms with Crippen LogP contribution in [0.3, 0.4) is 0 Å². The molecule has 0 radical (unpaired) electrons. The van der Waals surface area contributed by atoms with Gasteiger partial charge in [-0.05, 0) is 25.0 Å². The Hall–Kier alpha value is -4.74. The van der Waals surface area contributed by atoms with Gasteiger partial charge < -0.3 is 54.4 Å². The molecule has 0 spiro atoms. The third-order valence-corrected chi connectivity index (χ3v) is 6.78. The summed E-state index contributed by atoms with van der Waals surface area (Å²) in [6, 6.07) is 0. The normalized spacial score (nSPS) is 12.8. The van der Waals surface area contributed by atoms with Gasteiger partial charge in [0.25, 0.3) is 0 Å². The van der Waals surface area contributed by atoms with Gasteiger partial charge in [0.2, 0.25) is 11.8 Å². The molecule has 0 bridgehead atoms. The number of nitrogens with one attached hydrogen (secondary N) is 4. The van der Waals surface area contributed by atoms with Crippen molar-refractivity contribution in [3.8, 4) is 0 Å². The summed E-state index contributed by atoms with van der Waals surface area (Å²) in [5, 5.41) is 9.95. The lowest BCUT2D eigenvalue weighted by atomic mass is 9.86. The summed E-state index contributed by atoms with van der Waals surface area (Å²) >= 11 is 0. The summed E-state index contributed by atoms with van der Waals surface area (Å²) in [5.41, 5.74) is -1.80. The molecule has 17 heteroatoms. The first-order valence-corrected chi connectivity index (χ1v) is 15.4. The average Bonchev–Trinajstić information content (AvgIpc) is 3.12. The van der Waals surface area contributed by atoms with Gasteiger partial charge in [-0.1, -0.05) is 40.2 Å². The van der Waals surface area contributed by atoms with Crippen LogP contribution >= 0.6 is 0 Å². The maximum Gasteiger partial charge on any atom is 0.407 e. The second-order valence-electron chi connectivity index (χ2n) is 10.4. The molecule has 0 aliphatic rings. The minimum atomic E-state index is -0.898. The van der Waals surface area contributed by atoms with Crippen molar-refractivity contribution in [3.05, 3.63) is 50.6 Å². The van der Waals surface area contributed by atoms with Crippen molar-refractivity contribution < 1.29 is 61.9 Å². The molecule has 0 aliphatic heterocycles. The number of ether oxygens (including phenoxy) is 7. The van der Waals surface area contributed by atoms with Crippen molar-refractivity contribution in [2.24, 2.45) is 10.8 Å². The lowest BCUT2D eigenvalue weighted by molar-refractivity contribution is -0.138. The van der Waals surface area contributed by atoms with Crippen LogP contribution in [0.5, 0.6) is 0 Å². The predicted molar refractivity (Wildman–Crippen MR) is 176 cm³/mol. The molecule has 0 aromatic heterocycles. The van der Waals surface area contributed by atoms with Crippen LogP contribution in [0, 0.1) is 10.8 Å². The highest BCUT2D eigenvalue weighted by atomic mass is 16.6. The molecular formula is C32H50N4O13. The highest BCUT2D eigenvalue weighted by molar-refractivity contribution is 5.87. The van der Waals surface area contributed by atoms with E-state index in [-0.39, 0.29) is 79.4 Å². The molecule has 0 heterocycles. The van der Waals surface area contributed by atoms with Gasteiger partial charge in [0, 0.05) is 12.2 Å². The zero-order chi connectivity index (χ0) is 37.0. The maximum atomic E-state index is 12.4. The van der Waals surface area contributed by atoms with Crippen molar-refractivity contribution in [1.29, 1.82) is 0 Å². The van der Waals surface area contributed by atoms with Gasteiger partial charge in [0.15, 0.2) is 0 Å². The topological polar surface area (TPSA) is 215 Å². The van der Waals surface area contributed by atoms with Gasteiger partial charge in [-0.2, -0.15) is 0 Å². The zero-order valence-corrected chi connectivity index (χ0v) is 28.3. The molecule has 0 fully saturated rings. The van der Waals surface area contributed by atoms with Gasteiger partial charge in [0.1, 0.15) is 39.9 Å². The number of hydrogen-bond acceptors (Lipinski definition) is 13. The predicted octanol–water partition coefficient (Wildman–Crippen LogP) is 1.26. The molecule has 276 valence electrons. The van der Waals surface area contributed by atoms with Crippen LogP contribution in [0.4, 0.5) is 9.59 Å². The molecule has 49 heavy (non-hydrogen) atoms. The second-order valence-corrected chi connectivity index (χ2v) is 10.4. The van der Waals surface area contributed by atoms with Gasteiger partial charge in [0.05, 0.1) is 50.3 Å². The van der Waals surface area contributed by atoms with Crippen LogP contribution in [0.25, 0.3) is 0 Å². The summed E-state index contributed by atoms with van der Waals surface area (Å²) in [5.74, 6) is -2.15. The first-order chi connectivity index (χ1) is 23.4. The lowest BCUT2D eigenvalue weighted by Crippen LogP contribution is -2.44. The average molecular weight is 699 g/mol. The quantitative estimate of drug-likeness (QED) is 0.0298. The number of amides is 4. The van der Waals surface area contributed by atoms with Gasteiger partial charge in [-0.25, -0.2) is 19.2 Å². The van der Waals surface area contributed by atoms with E-state index in [0.29, 0.717) is 12.8 Å². The van der Waals surface area contributed by atoms with Gasteiger partial charge >= 0.3 is 24.1 Å². The molecule has 0 aromatic carbocycles. The summed E-state index contributed by atoms with van der Waals surface area (Å²) in [7, 11) is 0. The van der Waals surface area contributed by atoms with Crippen molar-refractivity contribution in [2.75, 3.05) is 79.4 Å². The third kappa shape index (κ3) is 21.0. The molecule has 0 aliphatic carbocycles. The fourth-order valence-corrected chi connectivity index (χ4v) is 3.54. The standard InChI is InChI=1S/C32H50N4O13/c1-7-25(37)35-23-44-19-31(11-5,21-48-29(41)33-13-15-46-27(39)9-3)17-43-18-32(12-6,20-45-24-36-26(38)8-2)22-49-30(42)34-14-16-47-28(40)10-4/h7-10H,1-4,11-24H2,5-6H3,(H,33,41)(H,34,42)(H,35,37)(H,36,38). The number of esters is 2. The third-order valence-electron chi connectivity index (χ3n) is 6.78. The first-order valence-electron chi connectivity index (χ1n) is 15.4. The molecule has 4 N–H and O–H groups in total. The number of rotatable bonds is 28. The zero-order valence-electron chi connectivity index (χ0n) is 28.3. The smallest absolute Gasteiger partial charge is 0.407 e. The van der Waals surface area contributed by atoms with Gasteiger partial charge in [-0.15, -0.1) is 0 Å². The van der Waals surface area contributed by atoms with Crippen molar-refractivity contribution in [3.63, 3.8) is 0 Å². The van der Waals surface area contributed by atoms with Crippen molar-refractivity contribution in [1.82, 2.24) is 21.3 Å². The number of alkyl carbamates (subject to hydrolysis) is 2. The summed E-state index contributed by atoms with van der Waals surface area (Å²) in [6.45, 7) is 16.3. The maximum absolute atomic E-state index is 12.4. The Morgan fingerprint density at radius 1 is 0.510 bits per heavy atom. The Bertz CT molecular complexity index is 1030. The first kappa shape index (κ1) is 44.3. The summed E-state index contributed by atoms with van der Waals surface area (Å²) in [6.07, 6.45) is 3.45. The lowest BCUT2D eigenvalue weighted by Gasteiger charge is -2.35. The highest BCUT2D eigenvalue weighted by Gasteiger charge is 2.36. The van der Waals surface area contributed by atoms with E-state index in [1.54, 1.807) is 0 Å². The Morgan fingerprint density at radius 2 is 0.878 bits per heavy atom. The van der Waals surface area contributed by atoms with Crippen LogP contribution < -0.4 is 21.3 Å². The summed E-state index contributed by atoms with van der Waals surface area (Å²) in [4.78, 5) is 70.3. The minimum absolute atomic E-state index is 0.00104. The number of hydrogen-bond donors (Lipinski definition) is 4. The van der Waals surface area contributed by atoms with Crippen LogP contribution in [0.1, 0.15) is 26.7 Å². The van der Waals surface area contributed by atoms with Gasteiger partial charge in [-0.3, -0.25) is 9.59 Å². The molecule has 2 unspecified atom stereocenters. The molecular weight excluding hydrogens is 648 g/mol. The molecule has 2 atom stereocenters. The Kier molecular flexibility index (Phi) is 23.7. The van der Waals surface area contributed by atoms with E-state index in [0.717, 1.165) is 24.3 Å². The SMILES string of the molecule is C=CC(=O)NCOCC(CC)(COCC(CC)(COCNC(=O)C=C)COC(=O)NCCOC(=O)C=C)COC(=O)NCCOC(=O)C=C. The van der Waals surface area contributed by atoms with E-state index < -0.39 is 46.8 Å². The molecule has 0 saturated heterocycles. The number of carbonyl (C=O) groups excluding carboxylic acids is 6. The molecule has 0 saturated carbocycles. The fraction of sp³-hybridized carbons (Fsp3) is 0.562. The Morgan fingerprint density at radius 3 is 1.20 bits per heavy atom. The van der Waals surface area contributed by atoms with E-state index >= 15 is 0 Å². The number of carbonyl (C=O) groups is 6. The van der Waals surface area contributed by atoms with Crippen LogP contribution in [0.15, 0.2) is 50.6 Å². The van der Waals surface area contributed by atoms with E-state index in [1.807, 2.05) is 13.8 Å². The van der Waals surface area contributed by atoms with Crippen LogP contribution in [-0.2, 0) is 52.3 Å². The Balaban J connectivity index is 5.60. The molecule has 0 rings (SSSR count). The monoisotopic (exact) mass is 698 g/mol. The molecule has 4 amide bonds. The van der Waals surface area contributed by atoms with Crippen LogP contribution in [-0.4, -0.2) is 115 Å². The fourth-order valence-electron chi connectivity index (χ4n) is 3.54. The van der Waals surface area contributed by atoms with E-state index in [9.17, 15) is 28.8 Å². The highest BCUT2D eigenvalue weighted by Crippen LogP contribution is 2.28. The summed E-state index contributed by atoms with van der Waals surface area (Å²) < 4.78 is 38.0. The molecule has 17 nitrogen and oxygen atoms in total. The Labute approximate surface area is 286 Å². The van der Waals surface area contributed by atoms with Crippen molar-refractivity contribution >= 4 is 35.9 Å². The largest absolute Gasteiger partial charge is 0.461 e. The minimum Gasteiger partial charge on any atom is -0.461 e. The van der Waals surface area contributed by atoms with Crippen molar-refractivity contribution in [2.45, 2.75) is 26.7 Å². The van der Waals surface area contributed by atoms with E-state index in [2.05, 4.69) is 47.6 Å².